The first kappa shape index (κ1) is 25.8. The average molecular weight is 494 g/mol. The molecule has 0 saturated carbocycles. The number of amides is 2. The molecule has 2 atom stereocenters. The van der Waals surface area contributed by atoms with E-state index < -0.39 is 23.7 Å². The number of nitrogens with zero attached hydrogens (tertiary/aromatic N) is 1. The number of hydrogen-bond donors (Lipinski definition) is 2. The van der Waals surface area contributed by atoms with Gasteiger partial charge in [0.15, 0.2) is 0 Å². The van der Waals surface area contributed by atoms with Gasteiger partial charge in [-0.1, -0.05) is 49.9 Å². The second kappa shape index (κ2) is 11.6. The summed E-state index contributed by atoms with van der Waals surface area (Å²) in [7, 11) is 2.76. The highest BCUT2D eigenvalue weighted by atomic mass is 32.2. The van der Waals surface area contributed by atoms with Gasteiger partial charge in [0, 0.05) is 11.6 Å². The molecule has 0 aliphatic carbocycles. The molecule has 3 rings (SSSR count). The Morgan fingerprint density at radius 3 is 2.31 bits per heavy atom. The highest BCUT2D eigenvalue weighted by Gasteiger charge is 2.44. The van der Waals surface area contributed by atoms with Crippen LogP contribution in [-0.2, 0) is 19.1 Å². The van der Waals surface area contributed by atoms with Crippen molar-refractivity contribution in [2.24, 2.45) is 5.92 Å². The first-order valence-corrected chi connectivity index (χ1v) is 12.0. The minimum atomic E-state index is -1.21. The van der Waals surface area contributed by atoms with Crippen molar-refractivity contribution in [2.75, 3.05) is 25.3 Å². The first-order valence-electron chi connectivity index (χ1n) is 11.0. The average Bonchev–Trinajstić information content (AvgIpc) is 2.87. The third kappa shape index (κ3) is 6.03. The van der Waals surface area contributed by atoms with Crippen molar-refractivity contribution in [1.29, 1.82) is 5.26 Å². The molecule has 2 amide bonds. The van der Waals surface area contributed by atoms with E-state index in [1.165, 1.54) is 7.11 Å². The number of carbonyl (C=O) groups is 3. The second-order valence-corrected chi connectivity index (χ2v) is 9.19. The van der Waals surface area contributed by atoms with E-state index in [-0.39, 0.29) is 22.3 Å². The number of nitrogens with one attached hydrogen (secondary N) is 2. The SMILES string of the molecule is COC(=O)[C@@H]1C(=O)NC(SCC(=O)Nc2ccc(OC)cc2)=C(C#N)[C@H]1c1ccc(C(C)C)cc1. The molecule has 1 aliphatic heterocycles. The Hall–Kier alpha value is -3.77. The van der Waals surface area contributed by atoms with Crippen molar-refractivity contribution in [1.82, 2.24) is 5.32 Å². The largest absolute Gasteiger partial charge is 0.497 e. The van der Waals surface area contributed by atoms with Crippen LogP contribution in [0, 0.1) is 17.2 Å². The molecule has 2 N–H and O–H groups in total. The van der Waals surface area contributed by atoms with Gasteiger partial charge in [0.05, 0.1) is 36.6 Å². The lowest BCUT2D eigenvalue weighted by Gasteiger charge is -2.31. The van der Waals surface area contributed by atoms with Gasteiger partial charge in [-0.25, -0.2) is 0 Å². The predicted octanol–water partition coefficient (Wildman–Crippen LogP) is 3.93. The zero-order valence-electron chi connectivity index (χ0n) is 20.0. The normalized spacial score (nSPS) is 17.4. The molecule has 9 heteroatoms. The van der Waals surface area contributed by atoms with Crippen LogP contribution in [0.15, 0.2) is 59.1 Å². The van der Waals surface area contributed by atoms with Crippen LogP contribution in [0.3, 0.4) is 0 Å². The Morgan fingerprint density at radius 2 is 1.77 bits per heavy atom. The molecule has 182 valence electrons. The molecular formula is C26H27N3O5S. The third-order valence-electron chi connectivity index (χ3n) is 5.67. The molecule has 2 aromatic carbocycles. The van der Waals surface area contributed by atoms with Gasteiger partial charge in [-0.2, -0.15) is 5.26 Å². The van der Waals surface area contributed by atoms with E-state index in [1.54, 1.807) is 31.4 Å². The minimum Gasteiger partial charge on any atom is -0.497 e. The standard InChI is InChI=1S/C26H27N3O5S/c1-15(2)16-5-7-17(8-6-16)22-20(13-27)25(29-24(31)23(22)26(32)34-4)35-14-21(30)28-18-9-11-19(33-3)12-10-18/h5-12,15,22-23H,14H2,1-4H3,(H,28,30)(H,29,31)/t22-,23+/m1/s1. The number of benzene rings is 2. The fraction of sp³-hybridized carbons (Fsp3) is 0.308. The summed E-state index contributed by atoms with van der Waals surface area (Å²) in [6.45, 7) is 4.12. The van der Waals surface area contributed by atoms with Gasteiger partial charge >= 0.3 is 5.97 Å². The summed E-state index contributed by atoms with van der Waals surface area (Å²) in [5, 5.41) is 15.7. The summed E-state index contributed by atoms with van der Waals surface area (Å²) in [6, 6.07) is 16.5. The molecule has 2 aromatic rings. The van der Waals surface area contributed by atoms with Gasteiger partial charge < -0.3 is 20.1 Å². The Balaban J connectivity index is 1.87. The van der Waals surface area contributed by atoms with Crippen molar-refractivity contribution in [3.05, 3.63) is 70.3 Å². The summed E-state index contributed by atoms with van der Waals surface area (Å²) in [4.78, 5) is 38.0. The van der Waals surface area contributed by atoms with Crippen LogP contribution in [0.5, 0.6) is 5.75 Å². The summed E-state index contributed by atoms with van der Waals surface area (Å²) >= 11 is 1.03. The number of anilines is 1. The molecule has 8 nitrogen and oxygen atoms in total. The van der Waals surface area contributed by atoms with E-state index in [1.807, 2.05) is 24.3 Å². The van der Waals surface area contributed by atoms with Crippen LogP contribution in [0.4, 0.5) is 5.69 Å². The van der Waals surface area contributed by atoms with Crippen LogP contribution in [0.25, 0.3) is 0 Å². The van der Waals surface area contributed by atoms with Crippen LogP contribution in [0.1, 0.15) is 36.8 Å². The van der Waals surface area contributed by atoms with Gasteiger partial charge in [0.25, 0.3) is 0 Å². The maximum atomic E-state index is 12.9. The number of methoxy groups -OCH3 is 2. The highest BCUT2D eigenvalue weighted by Crippen LogP contribution is 2.40. The van der Waals surface area contributed by atoms with E-state index in [0.29, 0.717) is 22.9 Å². The highest BCUT2D eigenvalue weighted by molar-refractivity contribution is 8.03. The molecule has 0 radical (unpaired) electrons. The molecule has 35 heavy (non-hydrogen) atoms. The number of ether oxygens (including phenoxy) is 2. The number of esters is 1. The third-order valence-corrected chi connectivity index (χ3v) is 6.68. The zero-order valence-corrected chi connectivity index (χ0v) is 20.8. The van der Waals surface area contributed by atoms with Crippen molar-refractivity contribution < 1.29 is 23.9 Å². The van der Waals surface area contributed by atoms with Crippen molar-refractivity contribution in [2.45, 2.75) is 25.7 Å². The van der Waals surface area contributed by atoms with E-state index in [4.69, 9.17) is 9.47 Å². The Morgan fingerprint density at radius 1 is 1.11 bits per heavy atom. The monoisotopic (exact) mass is 493 g/mol. The Bertz CT molecular complexity index is 1170. The fourth-order valence-corrected chi connectivity index (χ4v) is 4.63. The molecule has 1 heterocycles. The molecule has 0 aromatic heterocycles. The molecular weight excluding hydrogens is 466 g/mol. The summed E-state index contributed by atoms with van der Waals surface area (Å²) in [5.74, 6) is -2.73. The Labute approximate surface area is 208 Å². The first-order chi connectivity index (χ1) is 16.8. The molecule has 0 unspecified atom stereocenters. The molecule has 1 aliphatic rings. The number of hydrogen-bond acceptors (Lipinski definition) is 7. The quantitative estimate of drug-likeness (QED) is 0.423. The number of allylic oxidation sites excluding steroid dienone is 1. The summed E-state index contributed by atoms with van der Waals surface area (Å²) in [6.07, 6.45) is 0. The summed E-state index contributed by atoms with van der Waals surface area (Å²) in [5.41, 5.74) is 2.54. The van der Waals surface area contributed by atoms with E-state index in [2.05, 4.69) is 30.6 Å². The minimum absolute atomic E-state index is 0.0469. The van der Waals surface area contributed by atoms with Gasteiger partial charge in [0.2, 0.25) is 11.8 Å². The van der Waals surface area contributed by atoms with E-state index in [0.717, 1.165) is 17.3 Å². The number of rotatable bonds is 8. The topological polar surface area (TPSA) is 118 Å². The van der Waals surface area contributed by atoms with E-state index in [9.17, 15) is 19.6 Å². The number of thioether (sulfide) groups is 1. The molecule has 0 fully saturated rings. The van der Waals surface area contributed by atoms with Crippen LogP contribution in [-0.4, -0.2) is 37.8 Å². The fourth-order valence-electron chi connectivity index (χ4n) is 3.78. The molecule has 0 bridgehead atoms. The van der Waals surface area contributed by atoms with Crippen molar-refractivity contribution in [3.8, 4) is 11.8 Å². The zero-order chi connectivity index (χ0) is 25.5. The molecule has 0 saturated heterocycles. The van der Waals surface area contributed by atoms with Gasteiger partial charge in [-0.3, -0.25) is 14.4 Å². The second-order valence-electron chi connectivity index (χ2n) is 8.21. The lowest BCUT2D eigenvalue weighted by Crippen LogP contribution is -2.44. The number of nitriles is 1. The summed E-state index contributed by atoms with van der Waals surface area (Å²) < 4.78 is 9.98. The predicted molar refractivity (Wildman–Crippen MR) is 134 cm³/mol. The van der Waals surface area contributed by atoms with Gasteiger partial charge in [0.1, 0.15) is 11.7 Å². The lowest BCUT2D eigenvalue weighted by atomic mass is 9.78. The number of carbonyl (C=O) groups excluding carboxylic acids is 3. The van der Waals surface area contributed by atoms with Crippen LogP contribution < -0.4 is 15.4 Å². The van der Waals surface area contributed by atoms with Crippen LogP contribution >= 0.6 is 11.8 Å². The van der Waals surface area contributed by atoms with Gasteiger partial charge in [-0.15, -0.1) is 0 Å². The van der Waals surface area contributed by atoms with Crippen molar-refractivity contribution >= 4 is 35.2 Å². The lowest BCUT2D eigenvalue weighted by molar-refractivity contribution is -0.150. The molecule has 0 spiro atoms. The van der Waals surface area contributed by atoms with E-state index >= 15 is 0 Å². The Kier molecular flexibility index (Phi) is 8.55. The maximum absolute atomic E-state index is 12.9. The smallest absolute Gasteiger partial charge is 0.319 e. The van der Waals surface area contributed by atoms with Crippen LogP contribution in [0.2, 0.25) is 0 Å². The van der Waals surface area contributed by atoms with Gasteiger partial charge in [-0.05, 0) is 41.3 Å². The van der Waals surface area contributed by atoms with Crippen molar-refractivity contribution in [3.63, 3.8) is 0 Å². The maximum Gasteiger partial charge on any atom is 0.319 e.